The number of primary amides is 1. The number of pyridine rings is 3. The molecule has 0 spiro atoms. The summed E-state index contributed by atoms with van der Waals surface area (Å²) in [5, 5.41) is 38.7. The third-order valence-electron chi connectivity index (χ3n) is 16.9. The van der Waals surface area contributed by atoms with Crippen LogP contribution in [0.2, 0.25) is 5.15 Å². The fourth-order valence-electron chi connectivity index (χ4n) is 10.8. The summed E-state index contributed by atoms with van der Waals surface area (Å²) < 4.78 is 58.9. The quantitative estimate of drug-likeness (QED) is 0.113. The number of phenols is 1. The summed E-state index contributed by atoms with van der Waals surface area (Å²) >= 11 is 5.65. The van der Waals surface area contributed by atoms with Gasteiger partial charge in [-0.05, 0) is 138 Å². The first kappa shape index (κ1) is 84.3. The van der Waals surface area contributed by atoms with Gasteiger partial charge in [-0.2, -0.15) is 10.2 Å². The normalized spacial score (nSPS) is 10.7. The Morgan fingerprint density at radius 2 is 1.16 bits per heavy atom. The number of nitrogens with zero attached hydrogens (tertiary/aromatic N) is 16. The van der Waals surface area contributed by atoms with E-state index < -0.39 is 23.5 Å². The molecule has 0 unspecified atom stereocenters. The van der Waals surface area contributed by atoms with Gasteiger partial charge in [-0.1, -0.05) is 63.6 Å². The van der Waals surface area contributed by atoms with Gasteiger partial charge in [-0.15, -0.1) is 10.2 Å². The molecule has 10 aromatic heterocycles. The summed E-state index contributed by atoms with van der Waals surface area (Å²) in [5.41, 5.74) is 17.9. The van der Waals surface area contributed by atoms with Crippen molar-refractivity contribution in [1.29, 1.82) is 0 Å². The Morgan fingerprint density at radius 1 is 0.518 bits per heavy atom. The zero-order chi connectivity index (χ0) is 82.1. The number of hydrogen-bond donors (Lipinski definition) is 3. The van der Waals surface area contributed by atoms with Crippen molar-refractivity contribution in [3.63, 3.8) is 0 Å². The molecule has 4 N–H and O–H groups in total. The van der Waals surface area contributed by atoms with Crippen LogP contribution in [0.15, 0.2) is 175 Å². The molecule has 16 aromatic rings. The second kappa shape index (κ2) is 40.3. The van der Waals surface area contributed by atoms with E-state index in [1.54, 1.807) is 109 Å². The Morgan fingerprint density at radius 3 is 1.82 bits per heavy atom. The monoisotopic (exact) mass is 1560 g/mol. The van der Waals surface area contributed by atoms with Crippen LogP contribution in [0.5, 0.6) is 34.5 Å². The number of benzene rings is 6. The summed E-state index contributed by atoms with van der Waals surface area (Å²) in [6, 6.07) is 38.8. The van der Waals surface area contributed by atoms with Crippen molar-refractivity contribution in [3.8, 4) is 34.5 Å². The van der Waals surface area contributed by atoms with Gasteiger partial charge in [-0.3, -0.25) is 19.7 Å². The zero-order valence-corrected chi connectivity index (χ0v) is 66.0. The lowest BCUT2D eigenvalue weighted by Gasteiger charge is -2.09. The second-order valence-corrected chi connectivity index (χ2v) is 25.3. The van der Waals surface area contributed by atoms with E-state index in [-0.39, 0.29) is 16.8 Å². The standard InChI is InChI=1S/C12H11NO2.C11H11N3O.C11H12N2O2.C11H11NO.C10H8F2N2.C10H8N2O2.C9H10N2.C6H7ClN2O.C4H6N2O/c1-2-9-4-3-8-5-11-12(15-7-14-11)6-10(8)13-9;1-2-8-6-13-10-5-7(11(12)15)3-4-9(10)14-8;1-7-8-4-10(14-2)11(15-3)5-9(8)13-6-12-7;1-2-9-7-6-8-4-3-5-10(13)11(8)12-9;1-2-7-5-8-9(12)3-6(11)4-10(8)14-13-7;1-6-11-5-8-4-7(10(13)14)2-3-9(8)12-6;1-7-5-9-8(6-10-7)3-4-11(9)2;1-4-8-3-5(10-2)6(7)9-4;1-3-5-6-4(2)7-3/h3-6H,2,7H2,1H3;3-6H,2H2,1H3,(H2,12,15);4-6H,1-3H3;3-7,13H,2H2,1H3;3-5H,2H2,1H3;2-5H,1H3,(H,13,14);3-6H,1-2H3;3H,1-2H3;1-2H3. The molecule has 0 bridgehead atoms. The third-order valence-corrected chi connectivity index (χ3v) is 17.1. The SMILES string of the molecule is CCc1cc2c(F)cc(F)cc2nn1.CCc1ccc2cc3c(cc2n1)OCO3.CCc1ccc2cccc(O)c2n1.CCc1cnc2cc(C(N)=O)ccc2n1.COc1cc2ncnc(C)c2cc1OC.COc1cnc(C)nc1Cl.Cc1cc2c(ccn2C)cn1.Cc1ncc2cc(C(=O)O)ccc2n1.Cc1nnc(C)o1. The van der Waals surface area contributed by atoms with Gasteiger partial charge in [0.05, 0.1) is 83.1 Å². The summed E-state index contributed by atoms with van der Waals surface area (Å²) in [6.07, 6.45) is 13.8. The molecule has 1 aliphatic rings. The van der Waals surface area contributed by atoms with E-state index >= 15 is 0 Å². The molecule has 114 heavy (non-hydrogen) atoms. The number of aromatic nitrogens is 16. The van der Waals surface area contributed by atoms with Gasteiger partial charge >= 0.3 is 5.97 Å². The van der Waals surface area contributed by atoms with Crippen LogP contribution in [0.4, 0.5) is 8.78 Å². The number of aromatic carboxylic acids is 1. The third kappa shape index (κ3) is 23.0. The maximum absolute atomic E-state index is 13.3. The van der Waals surface area contributed by atoms with Gasteiger partial charge in [0.2, 0.25) is 24.5 Å². The highest BCUT2D eigenvalue weighted by molar-refractivity contribution is 6.30. The van der Waals surface area contributed by atoms with E-state index in [4.69, 9.17) is 50.5 Å². The lowest BCUT2D eigenvalue weighted by atomic mass is 10.1. The van der Waals surface area contributed by atoms with Crippen LogP contribution in [-0.4, -0.2) is 130 Å². The van der Waals surface area contributed by atoms with Crippen molar-refractivity contribution in [2.45, 2.75) is 94.9 Å². The lowest BCUT2D eigenvalue weighted by Crippen LogP contribution is -2.10. The van der Waals surface area contributed by atoms with E-state index in [9.17, 15) is 23.5 Å². The fraction of sp³-hybridized carbons (Fsp3) is 0.226. The molecule has 1 aliphatic heterocycles. The summed E-state index contributed by atoms with van der Waals surface area (Å²) in [5.74, 6) is 3.72. The molecule has 1 amide bonds. The molecule has 586 valence electrons. The van der Waals surface area contributed by atoms with Gasteiger partial charge in [0.1, 0.15) is 40.9 Å². The number of hydrogen-bond acceptors (Lipinski definition) is 24. The van der Waals surface area contributed by atoms with Crippen molar-refractivity contribution in [2.75, 3.05) is 28.1 Å². The molecule has 27 nitrogen and oxygen atoms in total. The molecular formula is C84H84ClF2N17O10. The number of fused-ring (bicyclic) bond motifs is 8. The van der Waals surface area contributed by atoms with Crippen LogP contribution in [0.1, 0.15) is 106 Å². The molecule has 6 aromatic carbocycles. The number of amides is 1. The second-order valence-electron chi connectivity index (χ2n) is 25.0. The van der Waals surface area contributed by atoms with E-state index in [2.05, 4.69) is 105 Å². The number of methoxy groups -OCH3 is 3. The Hall–Kier alpha value is -13.7. The number of aromatic hydroxyl groups is 1. The van der Waals surface area contributed by atoms with Gasteiger partial charge in [-0.25, -0.2) is 53.4 Å². The number of carbonyl (C=O) groups is 2. The first-order chi connectivity index (χ1) is 54.8. The van der Waals surface area contributed by atoms with Crippen LogP contribution in [0.3, 0.4) is 0 Å². The highest BCUT2D eigenvalue weighted by atomic mass is 35.5. The molecule has 0 fully saturated rings. The smallest absolute Gasteiger partial charge is 0.335 e. The van der Waals surface area contributed by atoms with Crippen molar-refractivity contribution in [2.24, 2.45) is 12.8 Å². The fourth-order valence-corrected chi connectivity index (χ4v) is 11.0. The van der Waals surface area contributed by atoms with Crippen molar-refractivity contribution < 1.29 is 56.7 Å². The number of carboxylic acid groups (broad SMARTS) is 1. The highest BCUT2D eigenvalue weighted by Gasteiger charge is 2.16. The van der Waals surface area contributed by atoms with Crippen LogP contribution in [0, 0.1) is 53.2 Å². The topological polar surface area (TPSA) is 358 Å². The van der Waals surface area contributed by atoms with E-state index in [1.165, 1.54) is 30.1 Å². The number of halogens is 3. The molecule has 0 saturated heterocycles. The predicted molar refractivity (Wildman–Crippen MR) is 432 cm³/mol. The minimum absolute atomic E-state index is 0.250. The van der Waals surface area contributed by atoms with E-state index in [1.807, 2.05) is 109 Å². The Kier molecular flexibility index (Phi) is 29.8. The summed E-state index contributed by atoms with van der Waals surface area (Å²) in [4.78, 5) is 67.6. The first-order valence-corrected chi connectivity index (χ1v) is 36.1. The maximum atomic E-state index is 13.3. The Balaban J connectivity index is 0.000000148. The molecule has 0 radical (unpaired) electrons. The average Bonchev–Trinajstić information content (AvgIpc) is 1.50. The average molecular weight is 1570 g/mol. The van der Waals surface area contributed by atoms with Gasteiger partial charge in [0.25, 0.3) is 0 Å². The number of ether oxygens (including phenoxy) is 5. The number of phenolic OH excluding ortho intramolecular Hbond substituents is 1. The highest BCUT2D eigenvalue weighted by Crippen LogP contribution is 2.36. The van der Waals surface area contributed by atoms with Crippen LogP contribution in [0.25, 0.3) is 76.5 Å². The zero-order valence-electron chi connectivity index (χ0n) is 65.2. The molecule has 17 rings (SSSR count). The number of nitrogens with two attached hydrogens (primary N) is 1. The minimum Gasteiger partial charge on any atom is -0.506 e. The molecule has 0 atom stereocenters. The van der Waals surface area contributed by atoms with E-state index in [0.29, 0.717) is 86.7 Å². The molecule has 11 heterocycles. The Bertz CT molecular complexity index is 6020. The van der Waals surface area contributed by atoms with E-state index in [0.717, 1.165) is 109 Å². The minimum atomic E-state index is -0.938. The van der Waals surface area contributed by atoms with Crippen molar-refractivity contribution in [1.82, 2.24) is 79.8 Å². The molecular weight excluding hydrogens is 1480 g/mol. The predicted octanol–water partition coefficient (Wildman–Crippen LogP) is 16.4. The van der Waals surface area contributed by atoms with Crippen molar-refractivity contribution >= 4 is 99.9 Å². The molecule has 0 saturated carbocycles. The summed E-state index contributed by atoms with van der Waals surface area (Å²) in [7, 11) is 6.79. The summed E-state index contributed by atoms with van der Waals surface area (Å²) in [6.45, 7) is 19.4. The number of para-hydroxylation sites is 1. The largest absolute Gasteiger partial charge is 0.506 e. The van der Waals surface area contributed by atoms with Crippen LogP contribution in [-0.2, 0) is 32.7 Å². The van der Waals surface area contributed by atoms with Crippen LogP contribution < -0.4 is 29.4 Å². The first-order valence-electron chi connectivity index (χ1n) is 35.7. The number of carbonyl (C=O) groups excluding carboxylic acids is 1. The number of carboxylic acids is 1. The van der Waals surface area contributed by atoms with Gasteiger partial charge in [0, 0.05) is 131 Å². The Labute approximate surface area is 659 Å². The van der Waals surface area contributed by atoms with Crippen LogP contribution >= 0.6 is 11.6 Å². The number of aryl methyl sites for hydroxylation is 11. The molecule has 30 heteroatoms. The van der Waals surface area contributed by atoms with Gasteiger partial charge in [0.15, 0.2) is 33.9 Å². The molecule has 0 aliphatic carbocycles. The maximum Gasteiger partial charge on any atom is 0.335 e. The van der Waals surface area contributed by atoms with Gasteiger partial charge < -0.3 is 48.6 Å². The van der Waals surface area contributed by atoms with Crippen molar-refractivity contribution in [3.05, 3.63) is 256 Å². The number of rotatable bonds is 9. The lowest BCUT2D eigenvalue weighted by molar-refractivity contribution is 0.0696.